The van der Waals surface area contributed by atoms with Gasteiger partial charge in [-0.2, -0.15) is 0 Å². The average Bonchev–Trinajstić information content (AvgIpc) is 3.17. The number of hydrogen-bond acceptors (Lipinski definition) is 2. The summed E-state index contributed by atoms with van der Waals surface area (Å²) in [6.45, 7) is 5.05. The smallest absolute Gasteiger partial charge is 0.233 e. The summed E-state index contributed by atoms with van der Waals surface area (Å²) >= 11 is 0. The summed E-state index contributed by atoms with van der Waals surface area (Å²) in [6.07, 6.45) is 12.9. The number of allylic oxidation sites excluding steroid dienone is 2. The maximum atomic E-state index is 12.6. The molecule has 1 saturated carbocycles. The van der Waals surface area contributed by atoms with Crippen LogP contribution in [0.4, 0.5) is 0 Å². The molecule has 1 saturated heterocycles. The van der Waals surface area contributed by atoms with Gasteiger partial charge in [0.1, 0.15) is 0 Å². The Morgan fingerprint density at radius 1 is 1.05 bits per heavy atom. The topological polar surface area (TPSA) is 37.4 Å². The largest absolute Gasteiger partial charge is 0.282 e. The van der Waals surface area contributed by atoms with Gasteiger partial charge in [0, 0.05) is 6.54 Å². The van der Waals surface area contributed by atoms with Gasteiger partial charge in [-0.3, -0.25) is 14.5 Å². The molecule has 22 heavy (non-hydrogen) atoms. The van der Waals surface area contributed by atoms with E-state index in [1.165, 1.54) is 32.1 Å². The second-order valence-corrected chi connectivity index (χ2v) is 7.60. The van der Waals surface area contributed by atoms with Crippen LogP contribution in [-0.4, -0.2) is 23.3 Å². The van der Waals surface area contributed by atoms with Crippen molar-refractivity contribution in [2.24, 2.45) is 29.6 Å². The molecule has 5 unspecified atom stereocenters. The molecule has 0 radical (unpaired) electrons. The van der Waals surface area contributed by atoms with Crippen LogP contribution in [0.5, 0.6) is 0 Å². The van der Waals surface area contributed by atoms with E-state index in [0.29, 0.717) is 24.3 Å². The predicted octanol–water partition coefficient (Wildman–Crippen LogP) is 3.79. The first kappa shape index (κ1) is 15.8. The van der Waals surface area contributed by atoms with E-state index in [-0.39, 0.29) is 23.7 Å². The van der Waals surface area contributed by atoms with Crippen LogP contribution in [0.25, 0.3) is 0 Å². The summed E-state index contributed by atoms with van der Waals surface area (Å²) in [6, 6.07) is 0. The number of nitrogens with zero attached hydrogens (tertiary/aromatic N) is 1. The highest BCUT2D eigenvalue weighted by molar-refractivity contribution is 6.06. The molecule has 2 amide bonds. The van der Waals surface area contributed by atoms with Crippen molar-refractivity contribution in [2.45, 2.75) is 58.8 Å². The molecule has 122 valence electrons. The first-order valence-electron chi connectivity index (χ1n) is 9.17. The van der Waals surface area contributed by atoms with Gasteiger partial charge >= 0.3 is 0 Å². The summed E-state index contributed by atoms with van der Waals surface area (Å²) in [4.78, 5) is 26.8. The van der Waals surface area contributed by atoms with Crippen LogP contribution >= 0.6 is 0 Å². The SMILES string of the molecule is CCCCCCCC(C)CN1C(=O)C2C3C=CC(C3)C2C1=O. The number of rotatable bonds is 8. The van der Waals surface area contributed by atoms with E-state index in [1.54, 1.807) is 4.90 Å². The van der Waals surface area contributed by atoms with Gasteiger partial charge in [0.15, 0.2) is 0 Å². The van der Waals surface area contributed by atoms with Gasteiger partial charge in [-0.05, 0) is 30.6 Å². The van der Waals surface area contributed by atoms with Gasteiger partial charge < -0.3 is 0 Å². The van der Waals surface area contributed by atoms with E-state index in [4.69, 9.17) is 0 Å². The number of fused-ring (bicyclic) bond motifs is 5. The Balaban J connectivity index is 1.49. The van der Waals surface area contributed by atoms with Crippen LogP contribution in [0.2, 0.25) is 0 Å². The highest BCUT2D eigenvalue weighted by atomic mass is 16.2. The Morgan fingerprint density at radius 2 is 1.64 bits per heavy atom. The molecule has 1 heterocycles. The lowest BCUT2D eigenvalue weighted by Gasteiger charge is -2.21. The molecule has 3 aliphatic rings. The number of unbranched alkanes of at least 4 members (excludes halogenated alkanes) is 4. The Bertz CT molecular complexity index is 440. The minimum atomic E-state index is -0.0285. The lowest BCUT2D eigenvalue weighted by Crippen LogP contribution is -2.36. The fraction of sp³-hybridized carbons (Fsp3) is 0.789. The quantitative estimate of drug-likeness (QED) is 0.389. The van der Waals surface area contributed by atoms with Crippen LogP contribution in [0.15, 0.2) is 12.2 Å². The molecule has 5 atom stereocenters. The molecule has 3 heteroatoms. The van der Waals surface area contributed by atoms with E-state index >= 15 is 0 Å². The summed E-state index contributed by atoms with van der Waals surface area (Å²) in [7, 11) is 0. The second kappa shape index (κ2) is 6.55. The third-order valence-corrected chi connectivity index (χ3v) is 5.86. The number of imide groups is 1. The normalized spacial score (nSPS) is 33.8. The zero-order chi connectivity index (χ0) is 15.7. The lowest BCUT2D eigenvalue weighted by atomic mass is 9.85. The highest BCUT2D eigenvalue weighted by Gasteiger charge is 2.59. The highest BCUT2D eigenvalue weighted by Crippen LogP contribution is 2.52. The number of hydrogen-bond donors (Lipinski definition) is 0. The van der Waals surface area contributed by atoms with E-state index < -0.39 is 0 Å². The molecule has 2 bridgehead atoms. The van der Waals surface area contributed by atoms with Crippen molar-refractivity contribution in [1.82, 2.24) is 4.90 Å². The Labute approximate surface area is 134 Å². The fourth-order valence-electron chi connectivity index (χ4n) is 4.64. The lowest BCUT2D eigenvalue weighted by molar-refractivity contribution is -0.141. The van der Waals surface area contributed by atoms with E-state index in [9.17, 15) is 9.59 Å². The van der Waals surface area contributed by atoms with Crippen LogP contribution < -0.4 is 0 Å². The number of likely N-dealkylation sites (tertiary alicyclic amines) is 1. The van der Waals surface area contributed by atoms with E-state index in [0.717, 1.165) is 12.8 Å². The van der Waals surface area contributed by atoms with Gasteiger partial charge in [0.05, 0.1) is 11.8 Å². The van der Waals surface area contributed by atoms with Gasteiger partial charge in [-0.25, -0.2) is 0 Å². The first-order valence-corrected chi connectivity index (χ1v) is 9.17. The van der Waals surface area contributed by atoms with Crippen molar-refractivity contribution in [3.05, 3.63) is 12.2 Å². The van der Waals surface area contributed by atoms with Gasteiger partial charge in [0.25, 0.3) is 0 Å². The monoisotopic (exact) mass is 303 g/mol. The molecule has 3 nitrogen and oxygen atoms in total. The minimum Gasteiger partial charge on any atom is -0.282 e. The predicted molar refractivity (Wildman–Crippen MR) is 87.0 cm³/mol. The molecule has 3 rings (SSSR count). The zero-order valence-electron chi connectivity index (χ0n) is 14.0. The number of carbonyl (C=O) groups is 2. The van der Waals surface area contributed by atoms with Crippen molar-refractivity contribution in [1.29, 1.82) is 0 Å². The van der Waals surface area contributed by atoms with Crippen LogP contribution in [0.1, 0.15) is 58.8 Å². The Hall–Kier alpha value is -1.12. The van der Waals surface area contributed by atoms with Crippen molar-refractivity contribution in [2.75, 3.05) is 6.54 Å². The molecule has 0 aromatic carbocycles. The molecule has 0 aromatic rings. The third-order valence-electron chi connectivity index (χ3n) is 5.86. The van der Waals surface area contributed by atoms with Crippen molar-refractivity contribution in [3.63, 3.8) is 0 Å². The molecule has 2 fully saturated rings. The molecule has 0 aromatic heterocycles. The van der Waals surface area contributed by atoms with Crippen LogP contribution in [0, 0.1) is 29.6 Å². The summed E-state index contributed by atoms with van der Waals surface area (Å²) < 4.78 is 0. The van der Waals surface area contributed by atoms with Crippen molar-refractivity contribution < 1.29 is 9.59 Å². The van der Waals surface area contributed by atoms with E-state index in [2.05, 4.69) is 26.0 Å². The summed E-state index contributed by atoms with van der Waals surface area (Å²) in [5, 5.41) is 0. The summed E-state index contributed by atoms with van der Waals surface area (Å²) in [5.74, 6) is 1.27. The minimum absolute atomic E-state index is 0.0285. The van der Waals surface area contributed by atoms with Crippen LogP contribution in [-0.2, 0) is 9.59 Å². The first-order chi connectivity index (χ1) is 10.6. The molecular formula is C19H29NO2. The second-order valence-electron chi connectivity index (χ2n) is 7.60. The Morgan fingerprint density at radius 3 is 2.23 bits per heavy atom. The molecular weight excluding hydrogens is 274 g/mol. The average molecular weight is 303 g/mol. The fourth-order valence-corrected chi connectivity index (χ4v) is 4.64. The van der Waals surface area contributed by atoms with Crippen molar-refractivity contribution in [3.8, 4) is 0 Å². The number of amides is 2. The van der Waals surface area contributed by atoms with Crippen LogP contribution in [0.3, 0.4) is 0 Å². The van der Waals surface area contributed by atoms with Gasteiger partial charge in [-0.1, -0.05) is 58.1 Å². The van der Waals surface area contributed by atoms with Gasteiger partial charge in [0.2, 0.25) is 11.8 Å². The molecule has 2 aliphatic carbocycles. The number of carbonyl (C=O) groups excluding carboxylic acids is 2. The maximum Gasteiger partial charge on any atom is 0.233 e. The molecule has 0 spiro atoms. The van der Waals surface area contributed by atoms with Gasteiger partial charge in [-0.15, -0.1) is 0 Å². The maximum absolute atomic E-state index is 12.6. The van der Waals surface area contributed by atoms with Crippen molar-refractivity contribution >= 4 is 11.8 Å². The molecule has 1 aliphatic heterocycles. The third kappa shape index (κ3) is 2.75. The summed E-state index contributed by atoms with van der Waals surface area (Å²) in [5.41, 5.74) is 0. The Kier molecular flexibility index (Phi) is 4.70. The molecule has 0 N–H and O–H groups in total. The standard InChI is InChI=1S/C19H29NO2/c1-3-4-5-6-7-8-13(2)12-20-18(21)16-14-9-10-15(11-14)17(16)19(20)22/h9-10,13-17H,3-8,11-12H2,1-2H3. The zero-order valence-corrected chi connectivity index (χ0v) is 14.0. The van der Waals surface area contributed by atoms with E-state index in [1.807, 2.05) is 0 Å².